The topological polar surface area (TPSA) is 51.0 Å². The summed E-state index contributed by atoms with van der Waals surface area (Å²) >= 11 is 6.01. The quantitative estimate of drug-likeness (QED) is 0.274. The number of nitrogens with zero attached hydrogens (tertiary/aromatic N) is 4. The Kier molecular flexibility index (Phi) is 7.31. The molecule has 1 spiro atoms. The number of fused-ring (bicyclic) bond motifs is 1. The molecule has 2 heterocycles. The van der Waals surface area contributed by atoms with Crippen LogP contribution in [0.2, 0.25) is 5.02 Å². The molecule has 2 aliphatic rings. The zero-order valence-electron chi connectivity index (χ0n) is 21.9. The molecule has 196 valence electrons. The van der Waals surface area contributed by atoms with Crippen LogP contribution >= 0.6 is 11.6 Å². The van der Waals surface area contributed by atoms with Crippen LogP contribution in [0.4, 0.5) is 0 Å². The SMILES string of the molecule is O=c1c2ccc(-c3ccc(Cl)cc3)cc2nnn1CCc1ccc(CN2CCC3(CCCCC3)CC2)cc1. The van der Waals surface area contributed by atoms with Crippen LogP contribution in [0, 0.1) is 5.41 Å². The number of aromatic nitrogens is 3. The van der Waals surface area contributed by atoms with Crippen molar-refractivity contribution in [2.75, 3.05) is 13.1 Å². The Labute approximate surface area is 229 Å². The number of likely N-dealkylation sites (tertiary alicyclic amines) is 1. The van der Waals surface area contributed by atoms with E-state index in [1.54, 1.807) is 0 Å². The molecule has 1 aliphatic heterocycles. The van der Waals surface area contributed by atoms with Gasteiger partial charge in [0, 0.05) is 11.6 Å². The lowest BCUT2D eigenvalue weighted by Gasteiger charge is -2.44. The van der Waals surface area contributed by atoms with Gasteiger partial charge in [0.05, 0.1) is 11.9 Å². The summed E-state index contributed by atoms with van der Waals surface area (Å²) in [5, 5.41) is 9.86. The van der Waals surface area contributed by atoms with Crippen molar-refractivity contribution in [3.63, 3.8) is 0 Å². The summed E-state index contributed by atoms with van der Waals surface area (Å²) in [4.78, 5) is 15.7. The van der Waals surface area contributed by atoms with Gasteiger partial charge in [-0.2, -0.15) is 0 Å². The monoisotopic (exact) mass is 526 g/mol. The average Bonchev–Trinajstić information content (AvgIpc) is 2.96. The van der Waals surface area contributed by atoms with Crippen LogP contribution in [-0.4, -0.2) is 33.0 Å². The van der Waals surface area contributed by atoms with Gasteiger partial charge in [0.1, 0.15) is 5.52 Å². The van der Waals surface area contributed by atoms with Crippen molar-refractivity contribution in [2.24, 2.45) is 5.41 Å². The van der Waals surface area contributed by atoms with Crippen LogP contribution in [0.1, 0.15) is 56.1 Å². The molecule has 38 heavy (non-hydrogen) atoms. The Bertz CT molecular complexity index is 1450. The zero-order chi connectivity index (χ0) is 26.0. The summed E-state index contributed by atoms with van der Waals surface area (Å²) in [5.74, 6) is 0. The number of aryl methyl sites for hydroxylation is 2. The first kappa shape index (κ1) is 25.3. The van der Waals surface area contributed by atoms with Crippen molar-refractivity contribution in [3.8, 4) is 11.1 Å². The zero-order valence-corrected chi connectivity index (χ0v) is 22.7. The third-order valence-electron chi connectivity index (χ3n) is 8.77. The largest absolute Gasteiger partial charge is 0.299 e. The van der Waals surface area contributed by atoms with Crippen molar-refractivity contribution < 1.29 is 0 Å². The summed E-state index contributed by atoms with van der Waals surface area (Å²) in [7, 11) is 0. The van der Waals surface area contributed by atoms with Crippen molar-refractivity contribution in [1.29, 1.82) is 0 Å². The standard InChI is InChI=1S/C32H35ClN4O/c33-28-11-8-26(9-12-28)27-10-13-29-30(22-27)34-35-37(31(29)38)19-14-24-4-6-25(7-5-24)23-36-20-17-32(18-21-36)15-2-1-3-16-32/h4-13,22H,1-3,14-21,23H2. The van der Waals surface area contributed by atoms with Crippen molar-refractivity contribution in [1.82, 2.24) is 19.9 Å². The Morgan fingerprint density at radius 3 is 2.21 bits per heavy atom. The Morgan fingerprint density at radius 2 is 1.47 bits per heavy atom. The van der Waals surface area contributed by atoms with Gasteiger partial charge in [-0.25, -0.2) is 4.68 Å². The van der Waals surface area contributed by atoms with E-state index in [1.807, 2.05) is 42.5 Å². The van der Waals surface area contributed by atoms with E-state index in [0.717, 1.165) is 24.1 Å². The maximum atomic E-state index is 13.1. The first-order valence-corrected chi connectivity index (χ1v) is 14.4. The van der Waals surface area contributed by atoms with Crippen LogP contribution in [-0.2, 0) is 19.5 Å². The van der Waals surface area contributed by atoms with E-state index >= 15 is 0 Å². The molecule has 0 radical (unpaired) electrons. The van der Waals surface area contributed by atoms with Crippen molar-refractivity contribution in [2.45, 2.75) is 64.5 Å². The first-order chi connectivity index (χ1) is 18.6. The highest BCUT2D eigenvalue weighted by Crippen LogP contribution is 2.44. The van der Waals surface area contributed by atoms with Gasteiger partial charge in [-0.1, -0.05) is 78.5 Å². The normalized spacial score (nSPS) is 17.7. The van der Waals surface area contributed by atoms with E-state index in [4.69, 9.17) is 11.6 Å². The molecule has 1 aliphatic carbocycles. The van der Waals surface area contributed by atoms with Gasteiger partial charge in [0.25, 0.3) is 5.56 Å². The van der Waals surface area contributed by atoms with Gasteiger partial charge in [0.15, 0.2) is 0 Å². The number of benzene rings is 3. The molecule has 0 unspecified atom stereocenters. The highest BCUT2D eigenvalue weighted by molar-refractivity contribution is 6.30. The summed E-state index contributed by atoms with van der Waals surface area (Å²) in [6.45, 7) is 4.00. The Balaban J connectivity index is 1.06. The Hall–Kier alpha value is -3.02. The molecule has 2 fully saturated rings. The fourth-order valence-corrected chi connectivity index (χ4v) is 6.46. The number of hydrogen-bond donors (Lipinski definition) is 0. The van der Waals surface area contributed by atoms with E-state index in [2.05, 4.69) is 39.5 Å². The minimum absolute atomic E-state index is 0.102. The second-order valence-electron chi connectivity index (χ2n) is 11.3. The van der Waals surface area contributed by atoms with E-state index < -0.39 is 0 Å². The highest BCUT2D eigenvalue weighted by atomic mass is 35.5. The molecule has 5 nitrogen and oxygen atoms in total. The second kappa shape index (κ2) is 11.0. The predicted molar refractivity (Wildman–Crippen MR) is 154 cm³/mol. The minimum Gasteiger partial charge on any atom is -0.299 e. The lowest BCUT2D eigenvalue weighted by atomic mass is 9.68. The Morgan fingerprint density at radius 1 is 0.789 bits per heavy atom. The van der Waals surface area contributed by atoms with E-state index in [1.165, 1.54) is 73.8 Å². The lowest BCUT2D eigenvalue weighted by Crippen LogP contribution is -2.40. The van der Waals surface area contributed by atoms with Gasteiger partial charge in [0.2, 0.25) is 0 Å². The summed E-state index contributed by atoms with van der Waals surface area (Å²) in [6, 6.07) is 22.2. The summed E-state index contributed by atoms with van der Waals surface area (Å²) in [6.07, 6.45) is 10.7. The summed E-state index contributed by atoms with van der Waals surface area (Å²) < 4.78 is 1.48. The first-order valence-electron chi connectivity index (χ1n) is 14.0. The molecule has 0 N–H and O–H groups in total. The van der Waals surface area contributed by atoms with Crippen LogP contribution < -0.4 is 5.56 Å². The molecular formula is C32H35ClN4O. The molecule has 6 rings (SSSR count). The fourth-order valence-electron chi connectivity index (χ4n) is 6.34. The molecule has 0 amide bonds. The van der Waals surface area contributed by atoms with Gasteiger partial charge < -0.3 is 0 Å². The number of halogens is 1. The molecule has 6 heteroatoms. The number of rotatable bonds is 6. The third kappa shape index (κ3) is 5.55. The predicted octanol–water partition coefficient (Wildman–Crippen LogP) is 6.90. The molecule has 0 bridgehead atoms. The minimum atomic E-state index is -0.102. The second-order valence-corrected chi connectivity index (χ2v) is 11.7. The van der Waals surface area contributed by atoms with Gasteiger partial charge in [-0.05, 0) is 97.1 Å². The van der Waals surface area contributed by atoms with Crippen molar-refractivity contribution >= 4 is 22.5 Å². The number of piperidine rings is 1. The van der Waals surface area contributed by atoms with E-state index in [-0.39, 0.29) is 5.56 Å². The highest BCUT2D eigenvalue weighted by Gasteiger charge is 2.35. The van der Waals surface area contributed by atoms with Crippen LogP contribution in [0.3, 0.4) is 0 Å². The van der Waals surface area contributed by atoms with Gasteiger partial charge >= 0.3 is 0 Å². The van der Waals surface area contributed by atoms with E-state index in [9.17, 15) is 4.79 Å². The van der Waals surface area contributed by atoms with Crippen molar-refractivity contribution in [3.05, 3.63) is 93.2 Å². The number of hydrogen-bond acceptors (Lipinski definition) is 4. The van der Waals surface area contributed by atoms with E-state index in [0.29, 0.717) is 27.9 Å². The molecule has 1 saturated carbocycles. The average molecular weight is 527 g/mol. The van der Waals surface area contributed by atoms with Crippen LogP contribution in [0.5, 0.6) is 0 Å². The van der Waals surface area contributed by atoms with Gasteiger partial charge in [-0.3, -0.25) is 9.69 Å². The smallest absolute Gasteiger partial charge is 0.277 e. The lowest BCUT2D eigenvalue weighted by molar-refractivity contribution is 0.0641. The molecule has 1 saturated heterocycles. The molecular weight excluding hydrogens is 492 g/mol. The fraction of sp³-hybridized carbons (Fsp3) is 0.406. The van der Waals surface area contributed by atoms with Gasteiger partial charge in [-0.15, -0.1) is 5.10 Å². The maximum Gasteiger partial charge on any atom is 0.277 e. The molecule has 4 aromatic rings. The maximum absolute atomic E-state index is 13.1. The molecule has 1 aromatic heterocycles. The molecule has 0 atom stereocenters. The third-order valence-corrected chi connectivity index (χ3v) is 9.02. The van der Waals surface area contributed by atoms with Crippen LogP contribution in [0.25, 0.3) is 22.0 Å². The molecule has 3 aromatic carbocycles. The summed E-state index contributed by atoms with van der Waals surface area (Å²) in [5.41, 5.74) is 5.75. The van der Waals surface area contributed by atoms with Crippen LogP contribution in [0.15, 0.2) is 71.5 Å².